The van der Waals surface area contributed by atoms with Gasteiger partial charge in [-0.2, -0.15) is 0 Å². The molecule has 1 rings (SSSR count). The topological polar surface area (TPSA) is 61.9 Å². The Morgan fingerprint density at radius 2 is 1.74 bits per heavy atom. The Morgan fingerprint density at radius 1 is 1.09 bits per heavy atom. The van der Waals surface area contributed by atoms with Crippen LogP contribution < -0.4 is 10.1 Å². The van der Waals surface area contributed by atoms with Crippen molar-refractivity contribution in [1.29, 1.82) is 0 Å². The van der Waals surface area contributed by atoms with Crippen LogP contribution in [0.3, 0.4) is 0 Å². The highest BCUT2D eigenvalue weighted by atomic mass is 16.5. The molecule has 1 aromatic carbocycles. The lowest BCUT2D eigenvalue weighted by molar-refractivity contribution is -0.129. The van der Waals surface area contributed by atoms with Gasteiger partial charge in [0.15, 0.2) is 0 Å². The fourth-order valence-electron chi connectivity index (χ4n) is 2.14. The van der Waals surface area contributed by atoms with E-state index in [1.807, 2.05) is 14.1 Å². The summed E-state index contributed by atoms with van der Waals surface area (Å²) in [5, 5.41) is 2.82. The minimum atomic E-state index is -0.103. The number of amides is 2. The van der Waals surface area contributed by atoms with E-state index in [-0.39, 0.29) is 18.2 Å². The summed E-state index contributed by atoms with van der Waals surface area (Å²) in [5.41, 5.74) is 0.720. The summed E-state index contributed by atoms with van der Waals surface area (Å²) in [6.45, 7) is 3.56. The normalized spacial score (nSPS) is 10.5. The average molecular weight is 321 g/mol. The highest BCUT2D eigenvalue weighted by molar-refractivity contribution is 5.91. The van der Waals surface area contributed by atoms with Crippen LogP contribution in [0.15, 0.2) is 24.3 Å². The van der Waals surface area contributed by atoms with E-state index in [1.54, 1.807) is 36.3 Å². The Labute approximate surface area is 138 Å². The highest BCUT2D eigenvalue weighted by Gasteiger charge is 2.11. The smallest absolute Gasteiger partial charge is 0.226 e. The summed E-state index contributed by atoms with van der Waals surface area (Å²) in [6, 6.07) is 7.16. The molecule has 1 aromatic rings. The first-order chi connectivity index (χ1) is 10.9. The largest absolute Gasteiger partial charge is 0.497 e. The quantitative estimate of drug-likeness (QED) is 0.754. The summed E-state index contributed by atoms with van der Waals surface area (Å²) < 4.78 is 5.07. The van der Waals surface area contributed by atoms with Crippen molar-refractivity contribution >= 4 is 17.5 Å². The van der Waals surface area contributed by atoms with Gasteiger partial charge in [-0.25, -0.2) is 0 Å². The van der Waals surface area contributed by atoms with E-state index in [4.69, 9.17) is 4.74 Å². The molecule has 0 unspecified atom stereocenters. The zero-order chi connectivity index (χ0) is 17.2. The molecule has 0 heterocycles. The number of benzene rings is 1. The van der Waals surface area contributed by atoms with Gasteiger partial charge in [0.25, 0.3) is 0 Å². The molecule has 6 heteroatoms. The average Bonchev–Trinajstić information content (AvgIpc) is 2.50. The molecule has 0 aliphatic carbocycles. The number of ether oxygens (including phenoxy) is 1. The van der Waals surface area contributed by atoms with Crippen LogP contribution >= 0.6 is 0 Å². The fourth-order valence-corrected chi connectivity index (χ4v) is 2.14. The Bertz CT molecular complexity index is 500. The van der Waals surface area contributed by atoms with Crippen LogP contribution in [0.5, 0.6) is 5.75 Å². The van der Waals surface area contributed by atoms with Gasteiger partial charge in [0.05, 0.1) is 7.11 Å². The Morgan fingerprint density at radius 3 is 2.26 bits per heavy atom. The lowest BCUT2D eigenvalue weighted by Crippen LogP contribution is -2.34. The molecule has 0 aliphatic rings. The molecule has 0 radical (unpaired) electrons. The summed E-state index contributed by atoms with van der Waals surface area (Å²) in [4.78, 5) is 27.4. The Balaban J connectivity index is 2.40. The number of carbonyl (C=O) groups excluding carboxylic acids is 2. The third-order valence-corrected chi connectivity index (χ3v) is 3.46. The molecule has 128 valence electrons. The molecule has 0 spiro atoms. The fraction of sp³-hybridized carbons (Fsp3) is 0.529. The van der Waals surface area contributed by atoms with Gasteiger partial charge in [0.2, 0.25) is 11.8 Å². The van der Waals surface area contributed by atoms with Crippen LogP contribution in [0, 0.1) is 0 Å². The minimum absolute atomic E-state index is 0.000929. The zero-order valence-electron chi connectivity index (χ0n) is 14.5. The van der Waals surface area contributed by atoms with Gasteiger partial charge in [-0.15, -0.1) is 0 Å². The van der Waals surface area contributed by atoms with Crippen LogP contribution in [0.4, 0.5) is 5.69 Å². The van der Waals surface area contributed by atoms with E-state index in [1.165, 1.54) is 6.92 Å². The molecule has 0 atom stereocenters. The molecular weight excluding hydrogens is 294 g/mol. The van der Waals surface area contributed by atoms with E-state index in [9.17, 15) is 9.59 Å². The van der Waals surface area contributed by atoms with E-state index in [0.717, 1.165) is 24.4 Å². The predicted molar refractivity (Wildman–Crippen MR) is 91.7 cm³/mol. The van der Waals surface area contributed by atoms with Crippen molar-refractivity contribution in [3.8, 4) is 5.75 Å². The number of methoxy groups -OCH3 is 1. The van der Waals surface area contributed by atoms with Crippen molar-refractivity contribution in [3.05, 3.63) is 24.3 Å². The van der Waals surface area contributed by atoms with Crippen LogP contribution in [0.25, 0.3) is 0 Å². The van der Waals surface area contributed by atoms with E-state index < -0.39 is 0 Å². The minimum Gasteiger partial charge on any atom is -0.497 e. The first kappa shape index (κ1) is 19.0. The van der Waals surface area contributed by atoms with Gasteiger partial charge in [-0.3, -0.25) is 9.59 Å². The molecule has 0 saturated heterocycles. The first-order valence-electron chi connectivity index (χ1n) is 7.76. The van der Waals surface area contributed by atoms with E-state index in [2.05, 4.69) is 10.2 Å². The van der Waals surface area contributed by atoms with Gasteiger partial charge in [0, 0.05) is 32.1 Å². The molecule has 0 aromatic heterocycles. The molecule has 0 saturated carbocycles. The molecule has 23 heavy (non-hydrogen) atoms. The number of hydrogen-bond acceptors (Lipinski definition) is 4. The summed E-state index contributed by atoms with van der Waals surface area (Å²) >= 11 is 0. The van der Waals surface area contributed by atoms with Crippen molar-refractivity contribution in [2.24, 2.45) is 0 Å². The Kier molecular flexibility index (Phi) is 8.11. The lowest BCUT2D eigenvalue weighted by atomic mass is 10.2. The van der Waals surface area contributed by atoms with Crippen LogP contribution in [0.2, 0.25) is 0 Å². The van der Waals surface area contributed by atoms with Gasteiger partial charge < -0.3 is 19.9 Å². The number of anilines is 1. The molecule has 0 fully saturated rings. The van der Waals surface area contributed by atoms with Crippen molar-refractivity contribution in [3.63, 3.8) is 0 Å². The van der Waals surface area contributed by atoms with Crippen molar-refractivity contribution in [2.75, 3.05) is 46.2 Å². The molecular formula is C17H27N3O3. The van der Waals surface area contributed by atoms with Gasteiger partial charge in [-0.05, 0) is 51.3 Å². The maximum atomic E-state index is 12.0. The third kappa shape index (κ3) is 7.65. The van der Waals surface area contributed by atoms with E-state index in [0.29, 0.717) is 13.1 Å². The third-order valence-electron chi connectivity index (χ3n) is 3.46. The number of nitrogens with zero attached hydrogens (tertiary/aromatic N) is 2. The van der Waals surface area contributed by atoms with E-state index >= 15 is 0 Å². The van der Waals surface area contributed by atoms with Gasteiger partial charge in [0.1, 0.15) is 5.75 Å². The summed E-state index contributed by atoms with van der Waals surface area (Å²) in [7, 11) is 5.60. The van der Waals surface area contributed by atoms with Crippen molar-refractivity contribution in [2.45, 2.75) is 19.8 Å². The lowest BCUT2D eigenvalue weighted by Gasteiger charge is -2.21. The van der Waals surface area contributed by atoms with Crippen LogP contribution in [0.1, 0.15) is 19.8 Å². The first-order valence-corrected chi connectivity index (χ1v) is 7.76. The van der Waals surface area contributed by atoms with Crippen molar-refractivity contribution in [1.82, 2.24) is 9.80 Å². The standard InChI is InChI=1S/C17H27N3O3/c1-14(21)20(12-5-11-19(2)3)13-10-17(22)18-15-6-8-16(23-4)9-7-15/h6-9H,5,10-13H2,1-4H3,(H,18,22). The predicted octanol–water partition coefficient (Wildman–Crippen LogP) is 1.82. The second-order valence-electron chi connectivity index (χ2n) is 5.69. The second kappa shape index (κ2) is 9.84. The molecule has 0 bridgehead atoms. The van der Waals surface area contributed by atoms with Crippen molar-refractivity contribution < 1.29 is 14.3 Å². The summed E-state index contributed by atoms with van der Waals surface area (Å²) in [6.07, 6.45) is 1.18. The molecule has 6 nitrogen and oxygen atoms in total. The van der Waals surface area contributed by atoms with Crippen LogP contribution in [-0.4, -0.2) is 62.5 Å². The molecule has 0 aliphatic heterocycles. The number of hydrogen-bond donors (Lipinski definition) is 1. The maximum absolute atomic E-state index is 12.0. The van der Waals surface area contributed by atoms with Gasteiger partial charge >= 0.3 is 0 Å². The highest BCUT2D eigenvalue weighted by Crippen LogP contribution is 2.15. The maximum Gasteiger partial charge on any atom is 0.226 e. The van der Waals surface area contributed by atoms with Crippen LogP contribution in [-0.2, 0) is 9.59 Å². The Hall–Kier alpha value is -2.08. The number of rotatable bonds is 9. The SMILES string of the molecule is COc1ccc(NC(=O)CCN(CCCN(C)C)C(C)=O)cc1. The van der Waals surface area contributed by atoms with Gasteiger partial charge in [-0.1, -0.05) is 0 Å². The summed E-state index contributed by atoms with van der Waals surface area (Å²) in [5.74, 6) is 0.640. The molecule has 2 amide bonds. The zero-order valence-corrected chi connectivity index (χ0v) is 14.5. The molecule has 1 N–H and O–H groups in total. The number of carbonyl (C=O) groups is 2. The monoisotopic (exact) mass is 321 g/mol. The second-order valence-corrected chi connectivity index (χ2v) is 5.69. The number of nitrogens with one attached hydrogen (secondary N) is 1.